The van der Waals surface area contributed by atoms with E-state index in [1.54, 1.807) is 18.6 Å². The molecule has 6 rings (SSSR count). The van der Waals surface area contributed by atoms with Crippen molar-refractivity contribution in [3.8, 4) is 5.82 Å². The maximum absolute atomic E-state index is 12.2. The molecule has 1 aromatic carbocycles. The Hall–Kier alpha value is -3.44. The van der Waals surface area contributed by atoms with Gasteiger partial charge in [0.1, 0.15) is 5.82 Å². The van der Waals surface area contributed by atoms with Crippen LogP contribution in [0.1, 0.15) is 24.5 Å². The van der Waals surface area contributed by atoms with Crippen molar-refractivity contribution < 1.29 is 8.42 Å². The summed E-state index contributed by atoms with van der Waals surface area (Å²) < 4.78 is 30.8. The van der Waals surface area contributed by atoms with E-state index in [-0.39, 0.29) is 0 Å². The summed E-state index contributed by atoms with van der Waals surface area (Å²) in [5, 5.41) is 4.27. The number of fused-ring (bicyclic) bond motifs is 1. The van der Waals surface area contributed by atoms with Crippen molar-refractivity contribution in [1.82, 2.24) is 19.5 Å². The SMILES string of the molecule is C=S1(=O)CCN(c2ccc(Nc3ncc4cc(C5CC5)n(-c5cccc(N=S(C)(C)=O)n5)c4n3)cc2)CC1. The molecule has 0 bridgehead atoms. The lowest BCUT2D eigenvalue weighted by atomic mass is 10.2. The number of rotatable bonds is 6. The summed E-state index contributed by atoms with van der Waals surface area (Å²) in [6, 6.07) is 15.9. The predicted octanol–water partition coefficient (Wildman–Crippen LogP) is 4.33. The van der Waals surface area contributed by atoms with E-state index in [0.29, 0.717) is 35.0 Å². The Morgan fingerprint density at radius 1 is 1.08 bits per heavy atom. The summed E-state index contributed by atoms with van der Waals surface area (Å²) in [6.45, 7) is 1.51. The lowest BCUT2D eigenvalue weighted by Crippen LogP contribution is -2.40. The second kappa shape index (κ2) is 9.39. The molecule has 2 fully saturated rings. The van der Waals surface area contributed by atoms with E-state index < -0.39 is 19.3 Å². The van der Waals surface area contributed by atoms with Crippen LogP contribution in [0.3, 0.4) is 0 Å². The number of benzene rings is 1. The van der Waals surface area contributed by atoms with Gasteiger partial charge in [-0.05, 0) is 76.6 Å². The minimum absolute atomic E-state index is 0.444. The highest BCUT2D eigenvalue weighted by molar-refractivity contribution is 8.00. The Kier molecular flexibility index (Phi) is 6.14. The van der Waals surface area contributed by atoms with E-state index in [1.807, 2.05) is 30.5 Å². The van der Waals surface area contributed by atoms with Gasteiger partial charge in [0.2, 0.25) is 5.95 Å². The van der Waals surface area contributed by atoms with Gasteiger partial charge in [-0.3, -0.25) is 8.78 Å². The van der Waals surface area contributed by atoms with E-state index >= 15 is 0 Å². The fourth-order valence-electron chi connectivity index (χ4n) is 4.71. The first kappa shape index (κ1) is 24.9. The fraction of sp³-hybridized carbons (Fsp3) is 0.333. The van der Waals surface area contributed by atoms with Gasteiger partial charge in [-0.15, -0.1) is 0 Å². The zero-order chi connectivity index (χ0) is 26.5. The summed E-state index contributed by atoms with van der Waals surface area (Å²) in [4.78, 5) is 16.4. The first-order chi connectivity index (χ1) is 18.1. The highest BCUT2D eigenvalue weighted by Crippen LogP contribution is 2.43. The molecule has 0 radical (unpaired) electrons. The van der Waals surface area contributed by atoms with Crippen LogP contribution in [0, 0.1) is 0 Å². The summed E-state index contributed by atoms with van der Waals surface area (Å²) in [5.74, 6) is 7.22. The number of hydrogen-bond donors (Lipinski definition) is 1. The van der Waals surface area contributed by atoms with Gasteiger partial charge in [0, 0.05) is 75.5 Å². The Morgan fingerprint density at radius 2 is 1.82 bits per heavy atom. The molecule has 198 valence electrons. The quantitative estimate of drug-likeness (QED) is 0.357. The Labute approximate surface area is 223 Å². The molecule has 0 unspecified atom stereocenters. The molecule has 1 saturated heterocycles. The van der Waals surface area contributed by atoms with Gasteiger partial charge >= 0.3 is 0 Å². The number of nitrogens with one attached hydrogen (secondary N) is 1. The third kappa shape index (κ3) is 5.39. The second-order valence-electron chi connectivity index (χ2n) is 10.3. The molecular formula is C27H31N7O2S2. The average molecular weight is 550 g/mol. The van der Waals surface area contributed by atoms with Crippen molar-refractivity contribution in [2.75, 3.05) is 47.3 Å². The summed E-state index contributed by atoms with van der Waals surface area (Å²) >= 11 is 0. The molecule has 4 aromatic rings. The zero-order valence-electron chi connectivity index (χ0n) is 21.5. The van der Waals surface area contributed by atoms with Crippen LogP contribution in [0.5, 0.6) is 0 Å². The first-order valence-electron chi connectivity index (χ1n) is 12.6. The largest absolute Gasteiger partial charge is 0.370 e. The normalized spacial score (nSPS) is 17.5. The smallest absolute Gasteiger partial charge is 0.229 e. The minimum Gasteiger partial charge on any atom is -0.370 e. The first-order valence-corrected chi connectivity index (χ1v) is 17.0. The molecule has 1 saturated carbocycles. The third-order valence-electron chi connectivity index (χ3n) is 6.78. The van der Waals surface area contributed by atoms with Crippen LogP contribution >= 0.6 is 0 Å². The average Bonchev–Trinajstić information content (AvgIpc) is 3.64. The topological polar surface area (TPSA) is 105 Å². The lowest BCUT2D eigenvalue weighted by Gasteiger charge is -2.30. The predicted molar refractivity (Wildman–Crippen MR) is 158 cm³/mol. The number of aromatic nitrogens is 4. The zero-order valence-corrected chi connectivity index (χ0v) is 23.2. The van der Waals surface area contributed by atoms with Gasteiger partial charge in [0.15, 0.2) is 11.5 Å². The Bertz CT molecular complexity index is 1730. The van der Waals surface area contributed by atoms with Crippen LogP contribution in [-0.4, -0.2) is 70.9 Å². The molecule has 1 N–H and O–H groups in total. The van der Waals surface area contributed by atoms with Crippen LogP contribution in [0.15, 0.2) is 59.1 Å². The second-order valence-corrected chi connectivity index (χ2v) is 15.6. The van der Waals surface area contributed by atoms with Gasteiger partial charge in [-0.1, -0.05) is 6.07 Å². The van der Waals surface area contributed by atoms with Crippen LogP contribution in [0.4, 0.5) is 23.1 Å². The third-order valence-corrected chi connectivity index (χ3v) is 9.26. The van der Waals surface area contributed by atoms with Crippen molar-refractivity contribution in [1.29, 1.82) is 0 Å². The van der Waals surface area contributed by atoms with Gasteiger partial charge in [-0.25, -0.2) is 14.2 Å². The number of hydrogen-bond acceptors (Lipinski definition) is 8. The molecule has 38 heavy (non-hydrogen) atoms. The minimum atomic E-state index is -2.33. The highest BCUT2D eigenvalue weighted by Gasteiger charge is 2.29. The van der Waals surface area contributed by atoms with Crippen LogP contribution in [0.25, 0.3) is 16.9 Å². The van der Waals surface area contributed by atoms with Gasteiger partial charge in [-0.2, -0.15) is 9.35 Å². The fourth-order valence-corrected chi connectivity index (χ4v) is 6.57. The number of anilines is 3. The maximum atomic E-state index is 12.2. The maximum Gasteiger partial charge on any atom is 0.229 e. The van der Waals surface area contributed by atoms with Crippen molar-refractivity contribution in [3.05, 3.63) is 60.4 Å². The monoisotopic (exact) mass is 549 g/mol. The van der Waals surface area contributed by atoms with E-state index in [0.717, 1.165) is 54.0 Å². The van der Waals surface area contributed by atoms with Crippen molar-refractivity contribution in [2.24, 2.45) is 4.36 Å². The molecular weight excluding hydrogens is 518 g/mol. The molecule has 1 aliphatic carbocycles. The van der Waals surface area contributed by atoms with E-state index in [9.17, 15) is 8.42 Å². The molecule has 3 aromatic heterocycles. The van der Waals surface area contributed by atoms with Crippen LogP contribution < -0.4 is 10.2 Å². The number of nitrogens with zero attached hydrogens (tertiary/aromatic N) is 6. The molecule has 0 amide bonds. The summed E-state index contributed by atoms with van der Waals surface area (Å²) in [6.07, 6.45) is 7.31. The Balaban J connectivity index is 1.31. The van der Waals surface area contributed by atoms with Gasteiger partial charge < -0.3 is 10.2 Å². The van der Waals surface area contributed by atoms with Crippen molar-refractivity contribution in [2.45, 2.75) is 18.8 Å². The molecule has 11 heteroatoms. The molecule has 0 atom stereocenters. The number of pyridine rings is 1. The molecule has 0 spiro atoms. The van der Waals surface area contributed by atoms with E-state index in [1.165, 1.54) is 0 Å². The molecule has 9 nitrogen and oxygen atoms in total. The molecule has 4 heterocycles. The van der Waals surface area contributed by atoms with E-state index in [2.05, 4.69) is 48.2 Å². The van der Waals surface area contributed by atoms with E-state index in [4.69, 9.17) is 9.97 Å². The van der Waals surface area contributed by atoms with Crippen LogP contribution in [-0.2, 0) is 19.3 Å². The highest BCUT2D eigenvalue weighted by atomic mass is 32.2. The molecule has 1 aliphatic heterocycles. The van der Waals surface area contributed by atoms with Crippen LogP contribution in [0.2, 0.25) is 0 Å². The lowest BCUT2D eigenvalue weighted by molar-refractivity contribution is 0.671. The standard InChI is InChI=1S/C27H31N7O2S2/c1-37(2,35)32-24-5-4-6-25(30-24)34-23(19-7-8-19)17-20-18-28-27(31-26(20)34)29-21-9-11-22(12-10-21)33-13-15-38(3,36)16-14-33/h4-6,9-12,17-19H,3,7-8,13-16H2,1-2H3,(H,28,29,31). The molecule has 2 aliphatic rings. The summed E-state index contributed by atoms with van der Waals surface area (Å²) in [7, 11) is -4.25. The van der Waals surface area contributed by atoms with Gasteiger partial charge in [0.05, 0.1) is 0 Å². The summed E-state index contributed by atoms with van der Waals surface area (Å²) in [5.41, 5.74) is 3.90. The Morgan fingerprint density at radius 3 is 2.50 bits per heavy atom. The van der Waals surface area contributed by atoms with Gasteiger partial charge in [0.25, 0.3) is 0 Å². The van der Waals surface area contributed by atoms with Crippen molar-refractivity contribution >= 4 is 59.3 Å². The van der Waals surface area contributed by atoms with Crippen molar-refractivity contribution in [3.63, 3.8) is 0 Å².